The number of fused-ring (bicyclic) bond motifs is 1. The van der Waals surface area contributed by atoms with Gasteiger partial charge < -0.3 is 14.7 Å². The van der Waals surface area contributed by atoms with Gasteiger partial charge in [0.2, 0.25) is 0 Å². The molecule has 2 aliphatic heterocycles. The van der Waals surface area contributed by atoms with E-state index >= 15 is 0 Å². The minimum absolute atomic E-state index is 0.244. The summed E-state index contributed by atoms with van der Waals surface area (Å²) in [6.07, 6.45) is -1.78. The van der Waals surface area contributed by atoms with Gasteiger partial charge in [0.1, 0.15) is 5.75 Å². The molecule has 116 valence electrons. The molecule has 1 aromatic rings. The number of hydrogen-bond donors (Lipinski definition) is 1. The summed E-state index contributed by atoms with van der Waals surface area (Å²) >= 11 is 0. The van der Waals surface area contributed by atoms with E-state index in [1.807, 2.05) is 0 Å². The zero-order valence-electron chi connectivity index (χ0n) is 11.6. The fraction of sp³-hybridized carbons (Fsp3) is 0.600. The van der Waals surface area contributed by atoms with Crippen molar-refractivity contribution in [1.82, 2.24) is 4.90 Å². The molecule has 2 unspecified atom stereocenters. The van der Waals surface area contributed by atoms with Crippen LogP contribution in [-0.2, 0) is 5.60 Å². The highest BCUT2D eigenvalue weighted by atomic mass is 19.4. The summed E-state index contributed by atoms with van der Waals surface area (Å²) in [5.41, 5.74) is -0.998. The molecule has 0 radical (unpaired) electrons. The third-order valence-electron chi connectivity index (χ3n) is 4.50. The van der Waals surface area contributed by atoms with Gasteiger partial charge in [0.25, 0.3) is 0 Å². The van der Waals surface area contributed by atoms with E-state index in [2.05, 4.69) is 9.64 Å². The van der Waals surface area contributed by atoms with Crippen LogP contribution < -0.4 is 4.74 Å². The number of piperidine rings is 1. The average molecular weight is 301 g/mol. The van der Waals surface area contributed by atoms with E-state index in [0.29, 0.717) is 19.4 Å². The molecule has 1 N–H and O–H groups in total. The SMILES string of the molecule is OC1(c2ccccc2OC(F)(F)F)CCN2CCCC2C1. The Kier molecular flexibility index (Phi) is 3.61. The van der Waals surface area contributed by atoms with Gasteiger partial charge >= 0.3 is 6.36 Å². The lowest BCUT2D eigenvalue weighted by Gasteiger charge is -2.41. The van der Waals surface area contributed by atoms with Crippen LogP contribution in [0.4, 0.5) is 13.2 Å². The lowest BCUT2D eigenvalue weighted by atomic mass is 9.80. The van der Waals surface area contributed by atoms with Crippen molar-refractivity contribution in [3.63, 3.8) is 0 Å². The van der Waals surface area contributed by atoms with E-state index in [0.717, 1.165) is 19.4 Å². The number of ether oxygens (including phenoxy) is 1. The summed E-state index contributed by atoms with van der Waals surface area (Å²) in [5.74, 6) is -0.293. The van der Waals surface area contributed by atoms with E-state index in [1.165, 1.54) is 18.2 Å². The number of halogens is 3. The molecule has 2 fully saturated rings. The molecular formula is C15H18F3NO2. The van der Waals surface area contributed by atoms with Crippen LogP contribution in [-0.4, -0.2) is 35.5 Å². The maximum atomic E-state index is 12.5. The molecule has 6 heteroatoms. The Balaban J connectivity index is 1.88. The normalized spacial score (nSPS) is 30.2. The van der Waals surface area contributed by atoms with Crippen molar-refractivity contribution < 1.29 is 23.0 Å². The summed E-state index contributed by atoms with van der Waals surface area (Å²) in [6, 6.07) is 6.17. The third kappa shape index (κ3) is 3.01. The van der Waals surface area contributed by atoms with Crippen LogP contribution in [0, 0.1) is 0 Å². The van der Waals surface area contributed by atoms with Crippen LogP contribution in [0.1, 0.15) is 31.2 Å². The highest BCUT2D eigenvalue weighted by molar-refractivity contribution is 5.38. The number of alkyl halides is 3. The molecule has 2 saturated heterocycles. The Morgan fingerprint density at radius 3 is 2.76 bits per heavy atom. The summed E-state index contributed by atoms with van der Waals surface area (Å²) in [7, 11) is 0. The lowest BCUT2D eigenvalue weighted by Crippen LogP contribution is -2.46. The first-order valence-electron chi connectivity index (χ1n) is 7.19. The molecule has 3 nitrogen and oxygen atoms in total. The standard InChI is InChI=1S/C15H18F3NO2/c16-15(17,18)21-13-6-2-1-5-12(13)14(20)7-9-19-8-3-4-11(19)10-14/h1-2,5-6,11,20H,3-4,7-10H2. The molecule has 0 bridgehead atoms. The van der Waals surface area contributed by atoms with Crippen LogP contribution >= 0.6 is 0 Å². The molecule has 0 aliphatic carbocycles. The maximum absolute atomic E-state index is 12.5. The fourth-order valence-electron chi connectivity index (χ4n) is 3.55. The largest absolute Gasteiger partial charge is 0.573 e. The predicted molar refractivity (Wildman–Crippen MR) is 70.9 cm³/mol. The predicted octanol–water partition coefficient (Wildman–Crippen LogP) is 3.03. The maximum Gasteiger partial charge on any atom is 0.573 e. The molecular weight excluding hydrogens is 283 g/mol. The Labute approximate surface area is 121 Å². The molecule has 0 saturated carbocycles. The average Bonchev–Trinajstić information content (AvgIpc) is 2.84. The van der Waals surface area contributed by atoms with Gasteiger partial charge in [-0.05, 0) is 38.3 Å². The smallest absolute Gasteiger partial charge is 0.405 e. The van der Waals surface area contributed by atoms with E-state index in [9.17, 15) is 18.3 Å². The number of aliphatic hydroxyl groups is 1. The van der Waals surface area contributed by atoms with Crippen LogP contribution in [0.5, 0.6) is 5.75 Å². The second-order valence-corrected chi connectivity index (χ2v) is 5.86. The molecule has 1 aromatic carbocycles. The topological polar surface area (TPSA) is 32.7 Å². The van der Waals surface area contributed by atoms with Gasteiger partial charge in [-0.3, -0.25) is 0 Å². The van der Waals surface area contributed by atoms with Crippen LogP contribution in [0.3, 0.4) is 0 Å². The summed E-state index contributed by atoms with van der Waals surface area (Å²) in [6.45, 7) is 1.73. The summed E-state index contributed by atoms with van der Waals surface area (Å²) in [4.78, 5) is 2.31. The molecule has 0 aromatic heterocycles. The second-order valence-electron chi connectivity index (χ2n) is 5.86. The fourth-order valence-corrected chi connectivity index (χ4v) is 3.55. The van der Waals surface area contributed by atoms with Crippen molar-refractivity contribution in [3.8, 4) is 5.75 Å². The number of nitrogens with zero attached hydrogens (tertiary/aromatic N) is 1. The highest BCUT2D eigenvalue weighted by Crippen LogP contribution is 2.43. The van der Waals surface area contributed by atoms with Gasteiger partial charge in [-0.1, -0.05) is 18.2 Å². The van der Waals surface area contributed by atoms with Crippen molar-refractivity contribution in [3.05, 3.63) is 29.8 Å². The van der Waals surface area contributed by atoms with Gasteiger partial charge in [-0.2, -0.15) is 0 Å². The van der Waals surface area contributed by atoms with Crippen molar-refractivity contribution >= 4 is 0 Å². The molecule has 2 heterocycles. The molecule has 2 atom stereocenters. The Morgan fingerprint density at radius 1 is 1.24 bits per heavy atom. The zero-order chi connectivity index (χ0) is 15.1. The first kappa shape index (κ1) is 14.7. The highest BCUT2D eigenvalue weighted by Gasteiger charge is 2.43. The summed E-state index contributed by atoms with van der Waals surface area (Å²) < 4.78 is 41.6. The first-order valence-corrected chi connectivity index (χ1v) is 7.19. The molecule has 0 spiro atoms. The van der Waals surface area contributed by atoms with E-state index in [4.69, 9.17) is 0 Å². The number of para-hydroxylation sites is 1. The van der Waals surface area contributed by atoms with Crippen molar-refractivity contribution in [1.29, 1.82) is 0 Å². The van der Waals surface area contributed by atoms with Crippen LogP contribution in [0.15, 0.2) is 24.3 Å². The molecule has 0 amide bonds. The first-order chi connectivity index (χ1) is 9.87. The third-order valence-corrected chi connectivity index (χ3v) is 4.50. The van der Waals surface area contributed by atoms with Gasteiger partial charge in [0.15, 0.2) is 0 Å². The minimum Gasteiger partial charge on any atom is -0.405 e. The van der Waals surface area contributed by atoms with Crippen LogP contribution in [0.25, 0.3) is 0 Å². The molecule has 21 heavy (non-hydrogen) atoms. The van der Waals surface area contributed by atoms with Crippen molar-refractivity contribution in [2.75, 3.05) is 13.1 Å². The van der Waals surface area contributed by atoms with Crippen molar-refractivity contribution in [2.24, 2.45) is 0 Å². The molecule has 2 aliphatic rings. The second kappa shape index (κ2) is 5.18. The van der Waals surface area contributed by atoms with Crippen LogP contribution in [0.2, 0.25) is 0 Å². The quantitative estimate of drug-likeness (QED) is 0.911. The van der Waals surface area contributed by atoms with Crippen molar-refractivity contribution in [2.45, 2.75) is 43.7 Å². The van der Waals surface area contributed by atoms with E-state index in [-0.39, 0.29) is 17.4 Å². The molecule has 3 rings (SSSR count). The lowest BCUT2D eigenvalue weighted by molar-refractivity contribution is -0.275. The van der Waals surface area contributed by atoms with E-state index < -0.39 is 12.0 Å². The van der Waals surface area contributed by atoms with Gasteiger partial charge in [-0.25, -0.2) is 0 Å². The Hall–Kier alpha value is -1.27. The van der Waals surface area contributed by atoms with E-state index in [1.54, 1.807) is 6.07 Å². The Morgan fingerprint density at radius 2 is 2.00 bits per heavy atom. The zero-order valence-corrected chi connectivity index (χ0v) is 11.6. The monoisotopic (exact) mass is 301 g/mol. The number of hydrogen-bond acceptors (Lipinski definition) is 3. The Bertz CT molecular complexity index is 520. The minimum atomic E-state index is -4.75. The van der Waals surface area contributed by atoms with Gasteiger partial charge in [0.05, 0.1) is 5.60 Å². The van der Waals surface area contributed by atoms with Gasteiger partial charge in [-0.15, -0.1) is 13.2 Å². The summed E-state index contributed by atoms with van der Waals surface area (Å²) in [5, 5.41) is 10.9. The number of benzene rings is 1. The number of rotatable bonds is 2. The van der Waals surface area contributed by atoms with Gasteiger partial charge in [0, 0.05) is 18.2 Å².